The van der Waals surface area contributed by atoms with E-state index in [1.54, 1.807) is 31.2 Å². The van der Waals surface area contributed by atoms with Crippen LogP contribution in [0.1, 0.15) is 12.2 Å². The summed E-state index contributed by atoms with van der Waals surface area (Å²) in [4.78, 5) is 26.0. The van der Waals surface area contributed by atoms with Gasteiger partial charge >= 0.3 is 0 Å². The lowest BCUT2D eigenvalue weighted by Gasteiger charge is -2.18. The van der Waals surface area contributed by atoms with Gasteiger partial charge in [0, 0.05) is 24.1 Å². The minimum absolute atomic E-state index is 0.103. The summed E-state index contributed by atoms with van der Waals surface area (Å²) in [5.41, 5.74) is 0.511. The second-order valence-corrected chi connectivity index (χ2v) is 6.16. The molecule has 23 heavy (non-hydrogen) atoms. The Morgan fingerprint density at radius 1 is 1.39 bits per heavy atom. The number of anilines is 2. The predicted octanol–water partition coefficient (Wildman–Crippen LogP) is 3.28. The second-order valence-electron chi connectivity index (χ2n) is 5.31. The van der Waals surface area contributed by atoms with Crippen molar-refractivity contribution in [1.29, 1.82) is 0 Å². The van der Waals surface area contributed by atoms with Crippen LogP contribution in [-0.4, -0.2) is 23.5 Å². The number of rotatable bonds is 3. The molecule has 0 aliphatic carbocycles. The van der Waals surface area contributed by atoms with Crippen LogP contribution in [0.4, 0.5) is 11.5 Å². The van der Waals surface area contributed by atoms with E-state index in [-0.39, 0.29) is 24.8 Å². The first kappa shape index (κ1) is 15.8. The molecular weight excluding hydrogens is 341 g/mol. The zero-order chi connectivity index (χ0) is 16.6. The average Bonchev–Trinajstić information content (AvgIpc) is 3.08. The van der Waals surface area contributed by atoms with Gasteiger partial charge in [-0.15, -0.1) is 0 Å². The van der Waals surface area contributed by atoms with Gasteiger partial charge in [-0.05, 0) is 25.1 Å². The molecule has 1 fully saturated rings. The fourth-order valence-electron chi connectivity index (χ4n) is 2.46. The van der Waals surface area contributed by atoms with E-state index in [4.69, 9.17) is 27.7 Å². The maximum absolute atomic E-state index is 12.3. The summed E-state index contributed by atoms with van der Waals surface area (Å²) in [5, 5.41) is 7.23. The highest BCUT2D eigenvalue weighted by molar-refractivity contribution is 6.36. The minimum Gasteiger partial charge on any atom is -0.360 e. The summed E-state index contributed by atoms with van der Waals surface area (Å²) in [6.07, 6.45) is 0.103. The number of benzene rings is 1. The molecule has 1 atom stereocenters. The molecule has 8 heteroatoms. The molecule has 0 spiro atoms. The molecule has 1 aromatic heterocycles. The van der Waals surface area contributed by atoms with Gasteiger partial charge in [-0.2, -0.15) is 0 Å². The molecule has 6 nitrogen and oxygen atoms in total. The molecule has 2 amide bonds. The van der Waals surface area contributed by atoms with Gasteiger partial charge < -0.3 is 14.7 Å². The number of aryl methyl sites for hydroxylation is 1. The van der Waals surface area contributed by atoms with E-state index in [1.165, 1.54) is 4.90 Å². The van der Waals surface area contributed by atoms with Crippen molar-refractivity contribution in [3.63, 3.8) is 0 Å². The molecule has 1 N–H and O–H groups in total. The summed E-state index contributed by atoms with van der Waals surface area (Å²) in [7, 11) is 0. The first-order valence-corrected chi connectivity index (χ1v) is 7.69. The Morgan fingerprint density at radius 2 is 2.17 bits per heavy atom. The molecule has 0 radical (unpaired) electrons. The number of carbonyl (C=O) groups excluding carboxylic acids is 2. The average molecular weight is 354 g/mol. The van der Waals surface area contributed by atoms with Crippen LogP contribution in [0.15, 0.2) is 28.8 Å². The third-order valence-corrected chi connectivity index (χ3v) is 4.13. The molecular formula is C15H13Cl2N3O3. The van der Waals surface area contributed by atoms with E-state index in [9.17, 15) is 9.59 Å². The smallest absolute Gasteiger partial charge is 0.231 e. The van der Waals surface area contributed by atoms with Gasteiger partial charge in [0.15, 0.2) is 5.82 Å². The van der Waals surface area contributed by atoms with Crippen LogP contribution in [0, 0.1) is 12.8 Å². The van der Waals surface area contributed by atoms with Crippen molar-refractivity contribution in [1.82, 2.24) is 5.16 Å². The number of hydrogen-bond acceptors (Lipinski definition) is 4. The van der Waals surface area contributed by atoms with Crippen LogP contribution in [0.3, 0.4) is 0 Å². The number of carbonyl (C=O) groups is 2. The SMILES string of the molecule is Cc1cc(NC(=O)[C@@H]2CC(=O)N(c3cc(Cl)ccc3Cl)C2)no1. The summed E-state index contributed by atoms with van der Waals surface area (Å²) in [6.45, 7) is 1.96. The standard InChI is InChI=1S/C15H13Cl2N3O3/c1-8-4-13(19-23-8)18-15(22)9-5-14(21)20(7-9)12-6-10(16)2-3-11(12)17/h2-4,6,9H,5,7H2,1H3,(H,18,19,22)/t9-/m1/s1. The zero-order valence-electron chi connectivity index (χ0n) is 12.2. The van der Waals surface area contributed by atoms with Crippen molar-refractivity contribution in [3.05, 3.63) is 40.1 Å². The lowest BCUT2D eigenvalue weighted by Crippen LogP contribution is -2.28. The summed E-state index contributed by atoms with van der Waals surface area (Å²) < 4.78 is 4.89. The van der Waals surface area contributed by atoms with E-state index in [0.29, 0.717) is 27.3 Å². The van der Waals surface area contributed by atoms with Crippen LogP contribution in [0.25, 0.3) is 0 Å². The number of aromatic nitrogens is 1. The van der Waals surface area contributed by atoms with E-state index in [0.717, 1.165) is 0 Å². The topological polar surface area (TPSA) is 75.4 Å². The third kappa shape index (κ3) is 3.33. The molecule has 1 aliphatic rings. The number of nitrogens with zero attached hydrogens (tertiary/aromatic N) is 2. The fraction of sp³-hybridized carbons (Fsp3) is 0.267. The molecule has 0 unspecified atom stereocenters. The van der Waals surface area contributed by atoms with E-state index in [1.807, 2.05) is 0 Å². The summed E-state index contributed by atoms with van der Waals surface area (Å²) in [6, 6.07) is 6.49. The summed E-state index contributed by atoms with van der Waals surface area (Å²) in [5.74, 6) is -0.0261. The Kier molecular flexibility index (Phi) is 4.28. The minimum atomic E-state index is -0.491. The largest absolute Gasteiger partial charge is 0.360 e. The van der Waals surface area contributed by atoms with E-state index in [2.05, 4.69) is 10.5 Å². The highest BCUT2D eigenvalue weighted by Crippen LogP contribution is 2.33. The van der Waals surface area contributed by atoms with Crippen molar-refractivity contribution in [2.45, 2.75) is 13.3 Å². The molecule has 2 heterocycles. The Balaban J connectivity index is 1.74. The maximum Gasteiger partial charge on any atom is 0.231 e. The molecule has 1 aliphatic heterocycles. The number of hydrogen-bond donors (Lipinski definition) is 1. The van der Waals surface area contributed by atoms with Crippen LogP contribution < -0.4 is 10.2 Å². The van der Waals surface area contributed by atoms with Crippen molar-refractivity contribution in [2.75, 3.05) is 16.8 Å². The number of halogens is 2. The van der Waals surface area contributed by atoms with Crippen LogP contribution in [0.2, 0.25) is 10.0 Å². The van der Waals surface area contributed by atoms with Crippen LogP contribution >= 0.6 is 23.2 Å². The zero-order valence-corrected chi connectivity index (χ0v) is 13.7. The normalized spacial score (nSPS) is 17.6. The second kappa shape index (κ2) is 6.22. The van der Waals surface area contributed by atoms with Crippen molar-refractivity contribution >= 4 is 46.5 Å². The fourth-order valence-corrected chi connectivity index (χ4v) is 2.85. The van der Waals surface area contributed by atoms with Crippen LogP contribution in [-0.2, 0) is 9.59 Å². The highest BCUT2D eigenvalue weighted by Gasteiger charge is 2.36. The maximum atomic E-state index is 12.3. The first-order valence-electron chi connectivity index (χ1n) is 6.93. The molecule has 3 rings (SSSR count). The van der Waals surface area contributed by atoms with Gasteiger partial charge in [0.2, 0.25) is 11.8 Å². The van der Waals surface area contributed by atoms with Crippen LogP contribution in [0.5, 0.6) is 0 Å². The molecule has 120 valence electrons. The lowest BCUT2D eigenvalue weighted by atomic mass is 10.1. The Bertz CT molecular complexity index is 775. The Hall–Kier alpha value is -2.05. The monoisotopic (exact) mass is 353 g/mol. The van der Waals surface area contributed by atoms with Gasteiger partial charge in [-0.25, -0.2) is 0 Å². The van der Waals surface area contributed by atoms with Gasteiger partial charge in [0.05, 0.1) is 16.6 Å². The number of amides is 2. The highest BCUT2D eigenvalue weighted by atomic mass is 35.5. The van der Waals surface area contributed by atoms with Gasteiger partial charge in [0.1, 0.15) is 5.76 Å². The molecule has 1 saturated heterocycles. The van der Waals surface area contributed by atoms with E-state index < -0.39 is 5.92 Å². The molecule has 1 aromatic carbocycles. The number of nitrogens with one attached hydrogen (secondary N) is 1. The Morgan fingerprint density at radius 3 is 2.87 bits per heavy atom. The third-order valence-electron chi connectivity index (χ3n) is 3.57. The van der Waals surface area contributed by atoms with Gasteiger partial charge in [-0.1, -0.05) is 28.4 Å². The first-order chi connectivity index (χ1) is 10.9. The summed E-state index contributed by atoms with van der Waals surface area (Å²) >= 11 is 12.1. The molecule has 0 saturated carbocycles. The van der Waals surface area contributed by atoms with Crippen molar-refractivity contribution in [2.24, 2.45) is 5.92 Å². The molecule has 0 bridgehead atoms. The Labute approximate surface area is 142 Å². The van der Waals surface area contributed by atoms with Crippen molar-refractivity contribution < 1.29 is 14.1 Å². The van der Waals surface area contributed by atoms with Gasteiger partial charge in [0.25, 0.3) is 0 Å². The quantitative estimate of drug-likeness (QED) is 0.918. The van der Waals surface area contributed by atoms with Gasteiger partial charge in [-0.3, -0.25) is 9.59 Å². The lowest BCUT2D eigenvalue weighted by molar-refractivity contribution is -0.122. The predicted molar refractivity (Wildman–Crippen MR) is 86.8 cm³/mol. The molecule has 2 aromatic rings. The van der Waals surface area contributed by atoms with E-state index >= 15 is 0 Å². The van der Waals surface area contributed by atoms with Crippen molar-refractivity contribution in [3.8, 4) is 0 Å².